The van der Waals surface area contributed by atoms with E-state index in [9.17, 15) is 9.90 Å². The van der Waals surface area contributed by atoms with Crippen molar-refractivity contribution in [3.63, 3.8) is 0 Å². The van der Waals surface area contributed by atoms with Crippen LogP contribution in [-0.4, -0.2) is 16.1 Å². The number of H-pyrrole nitrogens is 1. The molecule has 0 saturated heterocycles. The first-order valence-electron chi connectivity index (χ1n) is 5.52. The van der Waals surface area contributed by atoms with E-state index in [1.165, 1.54) is 11.3 Å². The highest BCUT2D eigenvalue weighted by Crippen LogP contribution is 2.40. The van der Waals surface area contributed by atoms with Gasteiger partial charge in [-0.2, -0.15) is 0 Å². The number of fused-ring (bicyclic) bond motifs is 1. The van der Waals surface area contributed by atoms with E-state index in [0.29, 0.717) is 0 Å². The van der Waals surface area contributed by atoms with Gasteiger partial charge in [-0.15, -0.1) is 11.3 Å². The Hall–Kier alpha value is -1.63. The van der Waals surface area contributed by atoms with E-state index in [0.717, 1.165) is 31.5 Å². The molecule has 3 aromatic rings. The van der Waals surface area contributed by atoms with E-state index in [1.807, 2.05) is 29.6 Å². The number of hydrogen-bond acceptors (Lipinski definition) is 2. The lowest BCUT2D eigenvalue weighted by molar-refractivity contribution is -0.254. The standard InChI is InChI=1S/C13H9BrN2O2S/c14-8-5-19-12-9(6-2-1-3-7(15)4-6)11(13(17)18)16-10(8)12/h1-5,16H,15H2,(H,17,18)/p+1. The molecule has 0 aliphatic rings. The lowest BCUT2D eigenvalue weighted by Crippen LogP contribution is -2.39. The predicted octanol–water partition coefficient (Wildman–Crippen LogP) is 3.23. The lowest BCUT2D eigenvalue weighted by atomic mass is 10.1. The number of hydrogen-bond donors (Lipinski definition) is 3. The predicted molar refractivity (Wildman–Crippen MR) is 78.8 cm³/mol. The minimum Gasteiger partial charge on any atom is -0.477 e. The average molecular weight is 338 g/mol. The highest BCUT2D eigenvalue weighted by molar-refractivity contribution is 9.10. The smallest absolute Gasteiger partial charge is 0.353 e. The molecule has 0 saturated carbocycles. The number of carboxylic acids is 1. The molecule has 2 aromatic heterocycles. The number of carbonyl (C=O) groups is 1. The van der Waals surface area contributed by atoms with Crippen molar-refractivity contribution in [2.24, 2.45) is 0 Å². The minimum absolute atomic E-state index is 0.216. The van der Waals surface area contributed by atoms with E-state index in [2.05, 4.69) is 26.6 Å². The van der Waals surface area contributed by atoms with Crippen LogP contribution >= 0.6 is 27.3 Å². The maximum Gasteiger partial charge on any atom is 0.353 e. The number of nitrogens with one attached hydrogen (secondary N) is 1. The monoisotopic (exact) mass is 337 g/mol. The van der Waals surface area contributed by atoms with Crippen molar-refractivity contribution in [3.8, 4) is 11.1 Å². The van der Waals surface area contributed by atoms with Crippen LogP contribution in [0, 0.1) is 0 Å². The Morgan fingerprint density at radius 1 is 1.42 bits per heavy atom. The van der Waals surface area contributed by atoms with Crippen LogP contribution in [-0.2, 0) is 0 Å². The van der Waals surface area contributed by atoms with E-state index in [4.69, 9.17) is 0 Å². The molecule has 0 spiro atoms. The number of aromatic nitrogens is 1. The van der Waals surface area contributed by atoms with Gasteiger partial charge < -0.3 is 15.8 Å². The summed E-state index contributed by atoms with van der Waals surface area (Å²) in [4.78, 5) is 14.4. The summed E-state index contributed by atoms with van der Waals surface area (Å²) in [5.41, 5.74) is 7.38. The fraction of sp³-hybridized carbons (Fsp3) is 0. The second-order valence-electron chi connectivity index (χ2n) is 4.17. The number of carboxylic acid groups (broad SMARTS) is 1. The SMILES string of the molecule is [NH3+]c1cccc(-c2c(C(=O)O)[nH]c3c(Br)csc23)c1. The molecule has 96 valence electrons. The summed E-state index contributed by atoms with van der Waals surface area (Å²) < 4.78 is 1.82. The first-order chi connectivity index (χ1) is 9.08. The number of quaternary nitrogens is 1. The van der Waals surface area contributed by atoms with Crippen molar-refractivity contribution in [2.75, 3.05) is 0 Å². The highest BCUT2D eigenvalue weighted by atomic mass is 79.9. The molecule has 0 aliphatic carbocycles. The van der Waals surface area contributed by atoms with Crippen LogP contribution in [0.5, 0.6) is 0 Å². The summed E-state index contributed by atoms with van der Waals surface area (Å²) in [7, 11) is 0. The fourth-order valence-corrected chi connectivity index (χ4v) is 3.77. The van der Waals surface area contributed by atoms with Crippen molar-refractivity contribution in [1.29, 1.82) is 0 Å². The number of rotatable bonds is 2. The summed E-state index contributed by atoms with van der Waals surface area (Å²) in [6, 6.07) is 7.56. The van der Waals surface area contributed by atoms with Crippen molar-refractivity contribution >= 4 is 49.1 Å². The van der Waals surface area contributed by atoms with Gasteiger partial charge in [0.2, 0.25) is 0 Å². The molecule has 4 nitrogen and oxygen atoms in total. The molecular weight excluding hydrogens is 328 g/mol. The quantitative estimate of drug-likeness (QED) is 0.671. The molecule has 0 unspecified atom stereocenters. The second kappa shape index (κ2) is 4.48. The first-order valence-corrected chi connectivity index (χ1v) is 7.19. The molecular formula is C13H10BrN2O2S+. The second-order valence-corrected chi connectivity index (χ2v) is 5.90. The number of halogens is 1. The van der Waals surface area contributed by atoms with Gasteiger partial charge in [-0.1, -0.05) is 12.1 Å². The number of thiophene rings is 1. The van der Waals surface area contributed by atoms with Crippen LogP contribution in [0.15, 0.2) is 34.1 Å². The minimum atomic E-state index is -0.959. The Labute approximate surface area is 121 Å². The molecule has 0 bridgehead atoms. The van der Waals surface area contributed by atoms with Gasteiger partial charge in [-0.25, -0.2) is 4.79 Å². The maximum absolute atomic E-state index is 11.4. The molecule has 3 rings (SSSR count). The molecule has 0 atom stereocenters. The molecule has 1 aromatic carbocycles. The van der Waals surface area contributed by atoms with Crippen molar-refractivity contribution < 1.29 is 15.6 Å². The molecule has 0 amide bonds. The fourth-order valence-electron chi connectivity index (χ4n) is 2.10. The van der Waals surface area contributed by atoms with E-state index in [1.54, 1.807) is 0 Å². The van der Waals surface area contributed by atoms with Crippen molar-refractivity contribution in [3.05, 3.63) is 39.8 Å². The van der Waals surface area contributed by atoms with Crippen LogP contribution in [0.3, 0.4) is 0 Å². The molecule has 19 heavy (non-hydrogen) atoms. The maximum atomic E-state index is 11.4. The Balaban J connectivity index is 2.37. The third-order valence-corrected chi connectivity index (χ3v) is 4.83. The zero-order valence-corrected chi connectivity index (χ0v) is 12.1. The highest BCUT2D eigenvalue weighted by Gasteiger charge is 2.21. The van der Waals surface area contributed by atoms with Gasteiger partial charge in [0, 0.05) is 17.0 Å². The van der Waals surface area contributed by atoms with Gasteiger partial charge in [0.15, 0.2) is 0 Å². The van der Waals surface area contributed by atoms with Gasteiger partial charge in [-0.3, -0.25) is 0 Å². The Bertz CT molecular complexity index is 791. The Morgan fingerprint density at radius 2 is 2.21 bits per heavy atom. The first kappa shape index (κ1) is 12.4. The zero-order chi connectivity index (χ0) is 13.6. The molecule has 0 fully saturated rings. The molecule has 2 heterocycles. The number of benzene rings is 1. The molecule has 0 radical (unpaired) electrons. The van der Waals surface area contributed by atoms with Gasteiger partial charge in [0.25, 0.3) is 0 Å². The number of aromatic carboxylic acids is 1. The normalized spacial score (nSPS) is 11.1. The third-order valence-electron chi connectivity index (χ3n) is 2.90. The largest absolute Gasteiger partial charge is 0.477 e. The van der Waals surface area contributed by atoms with E-state index >= 15 is 0 Å². The van der Waals surface area contributed by atoms with Crippen LogP contribution < -0.4 is 5.73 Å². The van der Waals surface area contributed by atoms with Crippen molar-refractivity contribution in [1.82, 2.24) is 4.98 Å². The van der Waals surface area contributed by atoms with Crippen molar-refractivity contribution in [2.45, 2.75) is 0 Å². The Morgan fingerprint density at radius 3 is 2.89 bits per heavy atom. The average Bonchev–Trinajstić information content (AvgIpc) is 2.90. The summed E-state index contributed by atoms with van der Waals surface area (Å²) >= 11 is 4.94. The van der Waals surface area contributed by atoms with Crippen LogP contribution in [0.1, 0.15) is 10.5 Å². The summed E-state index contributed by atoms with van der Waals surface area (Å²) in [5, 5.41) is 11.3. The summed E-state index contributed by atoms with van der Waals surface area (Å²) in [6.45, 7) is 0. The lowest BCUT2D eigenvalue weighted by Gasteiger charge is -2.01. The third kappa shape index (κ3) is 1.98. The molecule has 5 N–H and O–H groups in total. The zero-order valence-electron chi connectivity index (χ0n) is 9.74. The molecule has 6 heteroatoms. The Kier molecular flexibility index (Phi) is 2.93. The molecule has 0 aliphatic heterocycles. The summed E-state index contributed by atoms with van der Waals surface area (Å²) in [5.74, 6) is -0.959. The van der Waals surface area contributed by atoms with Gasteiger partial charge in [-0.05, 0) is 27.6 Å². The van der Waals surface area contributed by atoms with E-state index in [-0.39, 0.29) is 5.69 Å². The van der Waals surface area contributed by atoms with Gasteiger partial charge in [0.05, 0.1) is 14.7 Å². The number of aromatic amines is 1. The van der Waals surface area contributed by atoms with Crippen LogP contribution in [0.2, 0.25) is 0 Å². The topological polar surface area (TPSA) is 80.7 Å². The van der Waals surface area contributed by atoms with Crippen LogP contribution in [0.4, 0.5) is 5.69 Å². The van der Waals surface area contributed by atoms with E-state index < -0.39 is 5.97 Å². The van der Waals surface area contributed by atoms with Gasteiger partial charge in [0.1, 0.15) is 11.4 Å². The van der Waals surface area contributed by atoms with Crippen LogP contribution in [0.25, 0.3) is 21.3 Å². The summed E-state index contributed by atoms with van der Waals surface area (Å²) in [6.07, 6.45) is 0. The van der Waals surface area contributed by atoms with Gasteiger partial charge >= 0.3 is 5.97 Å².